The highest BCUT2D eigenvalue weighted by Gasteiger charge is 2.08. The molecule has 2 aromatic carbocycles. The second-order valence-corrected chi connectivity index (χ2v) is 6.29. The Kier molecular flexibility index (Phi) is 7.80. The van der Waals surface area contributed by atoms with E-state index in [0.717, 1.165) is 35.7 Å². The fourth-order valence-corrected chi connectivity index (χ4v) is 2.35. The van der Waals surface area contributed by atoms with Crippen LogP contribution in [0.3, 0.4) is 0 Å². The second-order valence-electron chi connectivity index (χ2n) is 6.29. The number of anilines is 2. The van der Waals surface area contributed by atoms with E-state index in [-0.39, 0.29) is 18.6 Å². The quantitative estimate of drug-likeness (QED) is 0.606. The first kappa shape index (κ1) is 19.6. The molecule has 2 N–H and O–H groups in total. The molecule has 0 atom stereocenters. The predicted molar refractivity (Wildman–Crippen MR) is 106 cm³/mol. The van der Waals surface area contributed by atoms with Crippen LogP contribution in [0.2, 0.25) is 0 Å². The molecular formula is C21H28N2O3. The van der Waals surface area contributed by atoms with E-state index >= 15 is 0 Å². The minimum absolute atomic E-state index is 0.0715. The van der Waals surface area contributed by atoms with Crippen LogP contribution in [0.5, 0.6) is 11.5 Å². The number of hydrogen-bond donors (Lipinski definition) is 2. The maximum atomic E-state index is 12.2. The maximum absolute atomic E-state index is 12.2. The van der Waals surface area contributed by atoms with Gasteiger partial charge in [0.05, 0.1) is 24.9 Å². The number of nitrogens with one attached hydrogen (secondary N) is 2. The number of hydrogen-bond acceptors (Lipinski definition) is 4. The summed E-state index contributed by atoms with van der Waals surface area (Å²) in [5, 5.41) is 6.01. The van der Waals surface area contributed by atoms with E-state index in [1.54, 1.807) is 0 Å². The molecule has 26 heavy (non-hydrogen) atoms. The summed E-state index contributed by atoms with van der Waals surface area (Å²) in [4.78, 5) is 12.2. The minimum Gasteiger partial charge on any atom is -0.494 e. The van der Waals surface area contributed by atoms with Crippen LogP contribution >= 0.6 is 0 Å². The van der Waals surface area contributed by atoms with E-state index in [1.165, 1.54) is 0 Å². The third-order valence-corrected chi connectivity index (χ3v) is 3.57. The highest BCUT2D eigenvalue weighted by Crippen LogP contribution is 2.24. The zero-order valence-corrected chi connectivity index (χ0v) is 15.7. The van der Waals surface area contributed by atoms with Gasteiger partial charge in [0, 0.05) is 11.8 Å². The smallest absolute Gasteiger partial charge is 0.243 e. The number of ether oxygens (including phenoxy) is 2. The standard InChI is InChI=1S/C21H28N2O3/c1-4-5-13-25-18-10-8-9-17(14-18)23-21(24)15-22-19-11-6-7-12-20(19)26-16(2)3/h6-12,14,16,22H,4-5,13,15H2,1-3H3,(H,23,24). The molecule has 0 unspecified atom stereocenters. The van der Waals surface area contributed by atoms with Crippen LogP contribution in [-0.4, -0.2) is 25.2 Å². The molecule has 140 valence electrons. The van der Waals surface area contributed by atoms with Gasteiger partial charge >= 0.3 is 0 Å². The van der Waals surface area contributed by atoms with Crippen molar-refractivity contribution in [1.82, 2.24) is 0 Å². The van der Waals surface area contributed by atoms with Crippen molar-refractivity contribution < 1.29 is 14.3 Å². The van der Waals surface area contributed by atoms with E-state index in [4.69, 9.17) is 9.47 Å². The summed E-state index contributed by atoms with van der Waals surface area (Å²) in [5.41, 5.74) is 1.52. The van der Waals surface area contributed by atoms with Gasteiger partial charge in [-0.05, 0) is 44.5 Å². The van der Waals surface area contributed by atoms with Gasteiger partial charge < -0.3 is 20.1 Å². The van der Waals surface area contributed by atoms with Gasteiger partial charge in [0.25, 0.3) is 0 Å². The maximum Gasteiger partial charge on any atom is 0.243 e. The van der Waals surface area contributed by atoms with Crippen molar-refractivity contribution in [1.29, 1.82) is 0 Å². The first-order valence-electron chi connectivity index (χ1n) is 9.10. The van der Waals surface area contributed by atoms with Crippen molar-refractivity contribution in [3.63, 3.8) is 0 Å². The van der Waals surface area contributed by atoms with Crippen molar-refractivity contribution >= 4 is 17.3 Å². The molecule has 0 saturated carbocycles. The zero-order chi connectivity index (χ0) is 18.8. The van der Waals surface area contributed by atoms with Gasteiger partial charge in [-0.25, -0.2) is 0 Å². The van der Waals surface area contributed by atoms with Crippen molar-refractivity contribution in [3.8, 4) is 11.5 Å². The zero-order valence-electron chi connectivity index (χ0n) is 15.7. The van der Waals surface area contributed by atoms with Crippen molar-refractivity contribution in [2.75, 3.05) is 23.8 Å². The summed E-state index contributed by atoms with van der Waals surface area (Å²) in [6.45, 7) is 6.90. The number of carbonyl (C=O) groups excluding carboxylic acids is 1. The number of unbranched alkanes of at least 4 members (excludes halogenated alkanes) is 1. The Labute approximate surface area is 155 Å². The average molecular weight is 356 g/mol. The van der Waals surface area contributed by atoms with Gasteiger partial charge in [0.2, 0.25) is 5.91 Å². The van der Waals surface area contributed by atoms with Crippen molar-refractivity contribution in [3.05, 3.63) is 48.5 Å². The molecule has 1 amide bonds. The fourth-order valence-electron chi connectivity index (χ4n) is 2.35. The Morgan fingerprint density at radius 2 is 1.92 bits per heavy atom. The number of amides is 1. The largest absolute Gasteiger partial charge is 0.494 e. The monoisotopic (exact) mass is 356 g/mol. The fraction of sp³-hybridized carbons (Fsp3) is 0.381. The summed E-state index contributed by atoms with van der Waals surface area (Å²) >= 11 is 0. The highest BCUT2D eigenvalue weighted by molar-refractivity contribution is 5.94. The molecular weight excluding hydrogens is 328 g/mol. The van der Waals surface area contributed by atoms with Gasteiger partial charge in [0.15, 0.2) is 0 Å². The molecule has 5 nitrogen and oxygen atoms in total. The molecule has 0 heterocycles. The van der Waals surface area contributed by atoms with Gasteiger partial charge in [0.1, 0.15) is 11.5 Å². The van der Waals surface area contributed by atoms with Crippen LogP contribution in [0.25, 0.3) is 0 Å². The highest BCUT2D eigenvalue weighted by atomic mass is 16.5. The summed E-state index contributed by atoms with van der Waals surface area (Å²) in [6, 6.07) is 15.0. The number of carbonyl (C=O) groups is 1. The third-order valence-electron chi connectivity index (χ3n) is 3.57. The number of rotatable bonds is 10. The topological polar surface area (TPSA) is 59.6 Å². The Bertz CT molecular complexity index is 701. The molecule has 2 rings (SSSR count). The third kappa shape index (κ3) is 6.67. The Hall–Kier alpha value is -2.69. The minimum atomic E-state index is -0.130. The summed E-state index contributed by atoms with van der Waals surface area (Å²) < 4.78 is 11.4. The van der Waals surface area contributed by atoms with Gasteiger partial charge in [-0.1, -0.05) is 31.5 Å². The lowest BCUT2D eigenvalue weighted by Gasteiger charge is -2.15. The number of benzene rings is 2. The molecule has 0 aliphatic heterocycles. The molecule has 0 aliphatic carbocycles. The molecule has 0 radical (unpaired) electrons. The van der Waals surface area contributed by atoms with Crippen molar-refractivity contribution in [2.24, 2.45) is 0 Å². The average Bonchev–Trinajstić information content (AvgIpc) is 2.61. The van der Waals surface area contributed by atoms with E-state index in [0.29, 0.717) is 6.61 Å². The van der Waals surface area contributed by atoms with E-state index in [1.807, 2.05) is 62.4 Å². The van der Waals surface area contributed by atoms with E-state index in [9.17, 15) is 4.79 Å². The van der Waals surface area contributed by atoms with Crippen molar-refractivity contribution in [2.45, 2.75) is 39.7 Å². The molecule has 0 saturated heterocycles. The van der Waals surface area contributed by atoms with Crippen LogP contribution in [0.4, 0.5) is 11.4 Å². The van der Waals surface area contributed by atoms with Crippen LogP contribution in [0.15, 0.2) is 48.5 Å². The molecule has 5 heteroatoms. The Morgan fingerprint density at radius 1 is 1.12 bits per heavy atom. The summed E-state index contributed by atoms with van der Waals surface area (Å²) in [5.74, 6) is 1.37. The second kappa shape index (κ2) is 10.3. The molecule has 2 aromatic rings. The van der Waals surface area contributed by atoms with E-state index in [2.05, 4.69) is 17.6 Å². The summed E-state index contributed by atoms with van der Waals surface area (Å²) in [7, 11) is 0. The van der Waals surface area contributed by atoms with Gasteiger partial charge in [-0.3, -0.25) is 4.79 Å². The van der Waals surface area contributed by atoms with E-state index < -0.39 is 0 Å². The van der Waals surface area contributed by atoms with Crippen LogP contribution < -0.4 is 20.1 Å². The van der Waals surface area contributed by atoms with Crippen LogP contribution in [0, 0.1) is 0 Å². The number of para-hydroxylation sites is 2. The first-order chi connectivity index (χ1) is 12.6. The summed E-state index contributed by atoms with van der Waals surface area (Å²) in [6.07, 6.45) is 2.17. The Balaban J connectivity index is 1.88. The molecule has 0 aromatic heterocycles. The lowest BCUT2D eigenvalue weighted by atomic mass is 10.2. The first-order valence-corrected chi connectivity index (χ1v) is 9.10. The molecule has 0 fully saturated rings. The molecule has 0 spiro atoms. The molecule has 0 aliphatic rings. The van der Waals surface area contributed by atoms with Crippen LogP contribution in [-0.2, 0) is 4.79 Å². The lowest BCUT2D eigenvalue weighted by Crippen LogP contribution is -2.22. The SMILES string of the molecule is CCCCOc1cccc(NC(=O)CNc2ccccc2OC(C)C)c1. The predicted octanol–water partition coefficient (Wildman–Crippen LogP) is 4.70. The Morgan fingerprint density at radius 3 is 2.69 bits per heavy atom. The lowest BCUT2D eigenvalue weighted by molar-refractivity contribution is -0.114. The van der Waals surface area contributed by atoms with Crippen LogP contribution in [0.1, 0.15) is 33.6 Å². The normalized spacial score (nSPS) is 10.5. The van der Waals surface area contributed by atoms with Gasteiger partial charge in [-0.15, -0.1) is 0 Å². The molecule has 0 bridgehead atoms. The van der Waals surface area contributed by atoms with Gasteiger partial charge in [-0.2, -0.15) is 0 Å².